The van der Waals surface area contributed by atoms with Crippen LogP contribution in [0, 0.1) is 5.92 Å². The number of halogens is 1. The van der Waals surface area contributed by atoms with Gasteiger partial charge in [0.2, 0.25) is 0 Å². The summed E-state index contributed by atoms with van der Waals surface area (Å²) < 4.78 is 16.0. The lowest BCUT2D eigenvalue weighted by Crippen LogP contribution is -2.32. The van der Waals surface area contributed by atoms with E-state index in [-0.39, 0.29) is 0 Å². The maximum absolute atomic E-state index is 10.5. The van der Waals surface area contributed by atoms with Gasteiger partial charge in [-0.1, -0.05) is 11.6 Å². The predicted molar refractivity (Wildman–Crippen MR) is 82.3 cm³/mol. The summed E-state index contributed by atoms with van der Waals surface area (Å²) in [6.45, 7) is 2.76. The first-order chi connectivity index (χ1) is 10.1. The minimum atomic E-state index is -0.587. The highest BCUT2D eigenvalue weighted by atomic mass is 35.5. The highest BCUT2D eigenvalue weighted by Gasteiger charge is 2.32. The maximum Gasteiger partial charge on any atom is 0.147 e. The normalized spacial score (nSPS) is 22.5. The minimum absolute atomic E-state index is 0.355. The highest BCUT2D eigenvalue weighted by Crippen LogP contribution is 2.43. The standard InChI is InChI=1S/C16H23ClO4/c1-4-21-11-7-10(8-11)9-13(18)12-5-6-14(19-2)15(17)16(12)20-3/h5-6,10-11,13,18H,4,7-9H2,1-3H3. The molecule has 0 aromatic heterocycles. The van der Waals surface area contributed by atoms with Crippen molar-refractivity contribution in [2.75, 3.05) is 20.8 Å². The third kappa shape index (κ3) is 3.62. The summed E-state index contributed by atoms with van der Waals surface area (Å²) in [5.41, 5.74) is 0.711. The summed E-state index contributed by atoms with van der Waals surface area (Å²) in [6.07, 6.45) is 2.49. The topological polar surface area (TPSA) is 47.9 Å². The Morgan fingerprint density at radius 3 is 2.57 bits per heavy atom. The molecule has 4 nitrogen and oxygen atoms in total. The molecular weight excluding hydrogens is 292 g/mol. The van der Waals surface area contributed by atoms with E-state index in [0.29, 0.717) is 40.5 Å². The van der Waals surface area contributed by atoms with Crippen LogP contribution in [-0.2, 0) is 4.74 Å². The molecule has 2 rings (SSSR count). The average Bonchev–Trinajstić information content (AvgIpc) is 2.44. The van der Waals surface area contributed by atoms with Crippen LogP contribution in [0.1, 0.15) is 37.9 Å². The lowest BCUT2D eigenvalue weighted by atomic mass is 9.78. The van der Waals surface area contributed by atoms with Crippen LogP contribution in [0.5, 0.6) is 11.5 Å². The van der Waals surface area contributed by atoms with Gasteiger partial charge in [0.05, 0.1) is 26.4 Å². The fraction of sp³-hybridized carbons (Fsp3) is 0.625. The smallest absolute Gasteiger partial charge is 0.147 e. The van der Waals surface area contributed by atoms with Crippen molar-refractivity contribution < 1.29 is 19.3 Å². The van der Waals surface area contributed by atoms with Crippen LogP contribution in [-0.4, -0.2) is 32.0 Å². The van der Waals surface area contributed by atoms with Crippen molar-refractivity contribution in [1.82, 2.24) is 0 Å². The van der Waals surface area contributed by atoms with E-state index in [2.05, 4.69) is 0 Å². The molecule has 1 saturated carbocycles. The SMILES string of the molecule is CCOC1CC(CC(O)c2ccc(OC)c(Cl)c2OC)C1. The van der Waals surface area contributed by atoms with Gasteiger partial charge in [-0.2, -0.15) is 0 Å². The number of methoxy groups -OCH3 is 2. The third-order valence-corrected chi connectivity index (χ3v) is 4.38. The number of rotatable bonds is 7. The van der Waals surface area contributed by atoms with Crippen LogP contribution in [0.4, 0.5) is 0 Å². The van der Waals surface area contributed by atoms with Gasteiger partial charge in [-0.05, 0) is 44.2 Å². The van der Waals surface area contributed by atoms with Gasteiger partial charge in [0.15, 0.2) is 0 Å². The predicted octanol–water partition coefficient (Wildman–Crippen LogP) is 3.60. The number of aliphatic hydroxyl groups is 1. The van der Waals surface area contributed by atoms with E-state index in [1.165, 1.54) is 0 Å². The van der Waals surface area contributed by atoms with Crippen LogP contribution in [0.3, 0.4) is 0 Å². The van der Waals surface area contributed by atoms with Crippen LogP contribution < -0.4 is 9.47 Å². The van der Waals surface area contributed by atoms with E-state index in [4.69, 9.17) is 25.8 Å². The van der Waals surface area contributed by atoms with E-state index in [9.17, 15) is 5.11 Å². The van der Waals surface area contributed by atoms with E-state index in [0.717, 1.165) is 19.4 Å². The Morgan fingerprint density at radius 2 is 2.00 bits per heavy atom. The van der Waals surface area contributed by atoms with Crippen molar-refractivity contribution >= 4 is 11.6 Å². The van der Waals surface area contributed by atoms with Gasteiger partial charge in [-0.25, -0.2) is 0 Å². The molecule has 1 N–H and O–H groups in total. The molecule has 1 aromatic rings. The van der Waals surface area contributed by atoms with E-state index < -0.39 is 6.10 Å². The van der Waals surface area contributed by atoms with Gasteiger partial charge in [0.1, 0.15) is 16.5 Å². The minimum Gasteiger partial charge on any atom is -0.495 e. The Hall–Kier alpha value is -0.970. The molecule has 0 bridgehead atoms. The van der Waals surface area contributed by atoms with Gasteiger partial charge >= 0.3 is 0 Å². The molecule has 1 atom stereocenters. The Labute approximate surface area is 131 Å². The Kier molecular flexibility index (Phi) is 5.73. The number of aliphatic hydroxyl groups excluding tert-OH is 1. The van der Waals surface area contributed by atoms with Crippen LogP contribution in [0.25, 0.3) is 0 Å². The molecule has 0 heterocycles. The number of hydrogen-bond donors (Lipinski definition) is 1. The van der Waals surface area contributed by atoms with Gasteiger partial charge < -0.3 is 19.3 Å². The summed E-state index contributed by atoms with van der Waals surface area (Å²) in [5, 5.41) is 10.9. The van der Waals surface area contributed by atoms with Crippen LogP contribution >= 0.6 is 11.6 Å². The summed E-state index contributed by atoms with van der Waals surface area (Å²) >= 11 is 6.23. The lowest BCUT2D eigenvalue weighted by molar-refractivity contribution is -0.0381. The molecule has 0 saturated heterocycles. The number of hydrogen-bond acceptors (Lipinski definition) is 4. The quantitative estimate of drug-likeness (QED) is 0.835. The van der Waals surface area contributed by atoms with E-state index in [1.807, 2.05) is 13.0 Å². The number of ether oxygens (including phenoxy) is 3. The molecule has 0 spiro atoms. The molecule has 1 aliphatic rings. The molecule has 1 aromatic carbocycles. The largest absolute Gasteiger partial charge is 0.495 e. The fourth-order valence-corrected chi connectivity index (χ4v) is 3.19. The monoisotopic (exact) mass is 314 g/mol. The van der Waals surface area contributed by atoms with Crippen molar-refractivity contribution in [3.63, 3.8) is 0 Å². The molecule has 0 aliphatic heterocycles. The Balaban J connectivity index is 2.03. The highest BCUT2D eigenvalue weighted by molar-refractivity contribution is 6.33. The number of benzene rings is 1. The average molecular weight is 315 g/mol. The molecule has 118 valence electrons. The molecule has 21 heavy (non-hydrogen) atoms. The Bertz CT molecular complexity index is 472. The van der Waals surface area contributed by atoms with Crippen molar-refractivity contribution in [3.8, 4) is 11.5 Å². The zero-order chi connectivity index (χ0) is 15.4. The van der Waals surface area contributed by atoms with Crippen molar-refractivity contribution in [1.29, 1.82) is 0 Å². The van der Waals surface area contributed by atoms with Crippen molar-refractivity contribution in [2.45, 2.75) is 38.4 Å². The summed E-state index contributed by atoms with van der Waals surface area (Å²) in [6, 6.07) is 3.57. The first-order valence-corrected chi connectivity index (χ1v) is 7.68. The summed E-state index contributed by atoms with van der Waals surface area (Å²) in [4.78, 5) is 0. The molecule has 0 radical (unpaired) electrons. The Morgan fingerprint density at radius 1 is 1.29 bits per heavy atom. The first-order valence-electron chi connectivity index (χ1n) is 7.30. The van der Waals surface area contributed by atoms with Crippen LogP contribution in [0.15, 0.2) is 12.1 Å². The van der Waals surface area contributed by atoms with Gasteiger partial charge in [0.25, 0.3) is 0 Å². The van der Waals surface area contributed by atoms with Gasteiger partial charge in [-0.15, -0.1) is 0 Å². The molecule has 5 heteroatoms. The van der Waals surface area contributed by atoms with Gasteiger partial charge in [-0.3, -0.25) is 0 Å². The van der Waals surface area contributed by atoms with Gasteiger partial charge in [0, 0.05) is 12.2 Å². The summed E-state index contributed by atoms with van der Waals surface area (Å²) in [7, 11) is 3.10. The first kappa shape index (κ1) is 16.4. The van der Waals surface area contributed by atoms with Crippen molar-refractivity contribution in [2.24, 2.45) is 5.92 Å². The zero-order valence-electron chi connectivity index (χ0n) is 12.8. The summed E-state index contributed by atoms with van der Waals surface area (Å²) in [5.74, 6) is 1.52. The molecule has 1 unspecified atom stereocenters. The second kappa shape index (κ2) is 7.34. The molecule has 0 amide bonds. The molecule has 1 fully saturated rings. The van der Waals surface area contributed by atoms with Crippen LogP contribution in [0.2, 0.25) is 5.02 Å². The molecule has 1 aliphatic carbocycles. The lowest BCUT2D eigenvalue weighted by Gasteiger charge is -2.36. The molecular formula is C16H23ClO4. The second-order valence-electron chi connectivity index (χ2n) is 5.37. The van der Waals surface area contributed by atoms with Crippen molar-refractivity contribution in [3.05, 3.63) is 22.7 Å². The third-order valence-electron chi connectivity index (χ3n) is 4.03. The van der Waals surface area contributed by atoms with E-state index >= 15 is 0 Å². The fourth-order valence-electron chi connectivity index (χ4n) is 2.86. The maximum atomic E-state index is 10.5. The van der Waals surface area contributed by atoms with E-state index in [1.54, 1.807) is 20.3 Å². The second-order valence-corrected chi connectivity index (χ2v) is 5.75. The zero-order valence-corrected chi connectivity index (χ0v) is 13.5.